The Kier molecular flexibility index (Phi) is 3.35. The molecule has 2 aromatic rings. The van der Waals surface area contributed by atoms with E-state index >= 15 is 0 Å². The maximum atomic E-state index is 13.1. The summed E-state index contributed by atoms with van der Waals surface area (Å²) < 4.78 is 13.1. The number of carbonyl (C=O) groups excluding carboxylic acids is 1. The molecule has 0 saturated carbocycles. The summed E-state index contributed by atoms with van der Waals surface area (Å²) >= 11 is 5.53. The molecule has 1 aromatic heterocycles. The normalized spacial score (nSPS) is 10.0. The van der Waals surface area contributed by atoms with E-state index in [0.717, 1.165) is 6.07 Å². The van der Waals surface area contributed by atoms with Gasteiger partial charge in [-0.25, -0.2) is 4.39 Å². The number of halogens is 2. The number of pyridine rings is 1. The van der Waals surface area contributed by atoms with Crippen molar-refractivity contribution in [1.29, 1.82) is 0 Å². The first-order valence-corrected chi connectivity index (χ1v) is 5.22. The molecule has 0 aliphatic rings. The van der Waals surface area contributed by atoms with Gasteiger partial charge in [-0.05, 0) is 30.3 Å². The van der Waals surface area contributed by atoms with E-state index in [-0.39, 0.29) is 10.7 Å². The van der Waals surface area contributed by atoms with Crippen LogP contribution >= 0.6 is 11.6 Å². The molecular weight excluding hydrogens is 243 g/mol. The number of nitrogens with zero attached hydrogens (tertiary/aromatic N) is 1. The van der Waals surface area contributed by atoms with Gasteiger partial charge in [0.05, 0.1) is 5.02 Å². The van der Waals surface area contributed by atoms with Crippen molar-refractivity contribution in [3.8, 4) is 0 Å². The zero-order valence-corrected chi connectivity index (χ0v) is 9.41. The van der Waals surface area contributed by atoms with Crippen LogP contribution in [0.2, 0.25) is 5.02 Å². The van der Waals surface area contributed by atoms with E-state index in [1.165, 1.54) is 18.3 Å². The Bertz CT molecular complexity index is 545. The average Bonchev–Trinajstić information content (AvgIpc) is 2.35. The fourth-order valence-electron chi connectivity index (χ4n) is 1.27. The van der Waals surface area contributed by atoms with Gasteiger partial charge in [0.25, 0.3) is 5.91 Å². The van der Waals surface area contributed by atoms with Crippen LogP contribution in [-0.2, 0) is 0 Å². The number of benzene rings is 1. The van der Waals surface area contributed by atoms with Crippen LogP contribution in [-0.4, -0.2) is 10.9 Å². The van der Waals surface area contributed by atoms with Gasteiger partial charge in [0.2, 0.25) is 0 Å². The lowest BCUT2D eigenvalue weighted by Crippen LogP contribution is -2.13. The van der Waals surface area contributed by atoms with Crippen molar-refractivity contribution in [2.75, 3.05) is 5.32 Å². The minimum Gasteiger partial charge on any atom is -0.321 e. The minimum atomic E-state index is -0.578. The smallest absolute Gasteiger partial charge is 0.274 e. The molecule has 3 nitrogen and oxygen atoms in total. The van der Waals surface area contributed by atoms with Crippen LogP contribution in [0, 0.1) is 5.82 Å². The van der Waals surface area contributed by atoms with Crippen molar-refractivity contribution in [3.05, 3.63) is 59.1 Å². The number of nitrogens with one attached hydrogen (secondary N) is 1. The standard InChI is InChI=1S/C12H8ClFN2O/c13-9-5-4-8(7-10(9)14)16-12(17)11-3-1-2-6-15-11/h1-7H,(H,16,17). The number of rotatable bonds is 2. The van der Waals surface area contributed by atoms with E-state index < -0.39 is 11.7 Å². The lowest BCUT2D eigenvalue weighted by molar-refractivity contribution is 0.102. The minimum absolute atomic E-state index is 0.0147. The number of aromatic nitrogens is 1. The van der Waals surface area contributed by atoms with Crippen LogP contribution in [0.3, 0.4) is 0 Å². The quantitative estimate of drug-likeness (QED) is 0.890. The summed E-state index contributed by atoms with van der Waals surface area (Å²) in [5.74, 6) is -0.974. The largest absolute Gasteiger partial charge is 0.321 e. The van der Waals surface area contributed by atoms with Gasteiger partial charge in [0, 0.05) is 11.9 Å². The highest BCUT2D eigenvalue weighted by atomic mass is 35.5. The molecule has 0 unspecified atom stereocenters. The van der Waals surface area contributed by atoms with Crippen molar-refractivity contribution < 1.29 is 9.18 Å². The van der Waals surface area contributed by atoms with Crippen LogP contribution in [0.15, 0.2) is 42.6 Å². The third kappa shape index (κ3) is 2.79. The zero-order valence-electron chi connectivity index (χ0n) is 8.65. The van der Waals surface area contributed by atoms with E-state index in [1.54, 1.807) is 18.2 Å². The van der Waals surface area contributed by atoms with Gasteiger partial charge in [0.15, 0.2) is 0 Å². The number of hydrogen-bond acceptors (Lipinski definition) is 2. The number of amides is 1. The lowest BCUT2D eigenvalue weighted by Gasteiger charge is -2.04. The molecule has 0 aliphatic carbocycles. The zero-order chi connectivity index (χ0) is 12.3. The van der Waals surface area contributed by atoms with Crippen molar-refractivity contribution in [2.45, 2.75) is 0 Å². The number of carbonyl (C=O) groups is 1. The Labute approximate surface area is 102 Å². The third-order valence-electron chi connectivity index (χ3n) is 2.08. The van der Waals surface area contributed by atoms with E-state index in [0.29, 0.717) is 5.69 Å². The molecule has 1 N–H and O–H groups in total. The molecule has 86 valence electrons. The Balaban J connectivity index is 2.16. The van der Waals surface area contributed by atoms with Crippen LogP contribution in [0.25, 0.3) is 0 Å². The fraction of sp³-hybridized carbons (Fsp3) is 0. The average molecular weight is 251 g/mol. The molecule has 0 spiro atoms. The summed E-state index contributed by atoms with van der Waals surface area (Å²) in [5, 5.41) is 2.54. The van der Waals surface area contributed by atoms with E-state index in [1.807, 2.05) is 0 Å². The van der Waals surface area contributed by atoms with Crippen molar-refractivity contribution in [3.63, 3.8) is 0 Å². The van der Waals surface area contributed by atoms with Gasteiger partial charge in [-0.15, -0.1) is 0 Å². The monoisotopic (exact) mass is 250 g/mol. The maximum Gasteiger partial charge on any atom is 0.274 e. The predicted molar refractivity (Wildman–Crippen MR) is 63.6 cm³/mol. The highest BCUT2D eigenvalue weighted by molar-refractivity contribution is 6.30. The molecule has 2 rings (SSSR count). The van der Waals surface area contributed by atoms with Crippen molar-refractivity contribution in [2.24, 2.45) is 0 Å². The van der Waals surface area contributed by atoms with Gasteiger partial charge in [-0.2, -0.15) is 0 Å². The highest BCUT2D eigenvalue weighted by Gasteiger charge is 2.08. The first-order valence-electron chi connectivity index (χ1n) is 4.84. The topological polar surface area (TPSA) is 42.0 Å². The van der Waals surface area contributed by atoms with Gasteiger partial charge in [-0.1, -0.05) is 17.7 Å². The SMILES string of the molecule is O=C(Nc1ccc(Cl)c(F)c1)c1ccccn1. The first-order chi connectivity index (χ1) is 8.16. The number of anilines is 1. The molecule has 1 amide bonds. The molecule has 0 bridgehead atoms. The second kappa shape index (κ2) is 4.93. The first kappa shape index (κ1) is 11.5. The molecule has 0 aliphatic heterocycles. The van der Waals surface area contributed by atoms with Gasteiger partial charge in [0.1, 0.15) is 11.5 Å². The molecule has 1 heterocycles. The molecule has 17 heavy (non-hydrogen) atoms. The summed E-state index contributed by atoms with van der Waals surface area (Å²) in [5.41, 5.74) is 0.602. The molecule has 0 atom stereocenters. The maximum absolute atomic E-state index is 13.1. The van der Waals surface area contributed by atoms with E-state index in [9.17, 15) is 9.18 Å². The Morgan fingerprint density at radius 1 is 1.29 bits per heavy atom. The van der Waals surface area contributed by atoms with Gasteiger partial charge >= 0.3 is 0 Å². The van der Waals surface area contributed by atoms with Crippen molar-refractivity contribution >= 4 is 23.2 Å². The highest BCUT2D eigenvalue weighted by Crippen LogP contribution is 2.18. The summed E-state index contributed by atoms with van der Waals surface area (Å²) in [6.07, 6.45) is 1.51. The third-order valence-corrected chi connectivity index (χ3v) is 2.38. The molecule has 0 fully saturated rings. The summed E-state index contributed by atoms with van der Waals surface area (Å²) in [6.45, 7) is 0. The Morgan fingerprint density at radius 3 is 2.76 bits per heavy atom. The second-order valence-corrected chi connectivity index (χ2v) is 3.71. The van der Waals surface area contributed by atoms with E-state index in [4.69, 9.17) is 11.6 Å². The van der Waals surface area contributed by atoms with Gasteiger partial charge < -0.3 is 5.32 Å². The van der Waals surface area contributed by atoms with Crippen LogP contribution in [0.1, 0.15) is 10.5 Å². The lowest BCUT2D eigenvalue weighted by atomic mass is 10.3. The molecular formula is C12H8ClFN2O. The fourth-order valence-corrected chi connectivity index (χ4v) is 1.38. The second-order valence-electron chi connectivity index (χ2n) is 3.30. The molecule has 0 radical (unpaired) electrons. The summed E-state index contributed by atoms with van der Waals surface area (Å²) in [6, 6.07) is 9.03. The summed E-state index contributed by atoms with van der Waals surface area (Å²) in [4.78, 5) is 15.6. The number of hydrogen-bond donors (Lipinski definition) is 1. The van der Waals surface area contributed by atoms with Crippen molar-refractivity contribution in [1.82, 2.24) is 4.98 Å². The van der Waals surface area contributed by atoms with Crippen LogP contribution in [0.4, 0.5) is 10.1 Å². The summed E-state index contributed by atoms with van der Waals surface area (Å²) in [7, 11) is 0. The van der Waals surface area contributed by atoms with Crippen LogP contribution < -0.4 is 5.32 Å². The molecule has 5 heteroatoms. The molecule has 0 saturated heterocycles. The Hall–Kier alpha value is -1.94. The molecule has 1 aromatic carbocycles. The van der Waals surface area contributed by atoms with E-state index in [2.05, 4.69) is 10.3 Å². The van der Waals surface area contributed by atoms with Crippen LogP contribution in [0.5, 0.6) is 0 Å². The predicted octanol–water partition coefficient (Wildman–Crippen LogP) is 3.13. The Morgan fingerprint density at radius 2 is 2.12 bits per heavy atom. The van der Waals surface area contributed by atoms with Gasteiger partial charge in [-0.3, -0.25) is 9.78 Å².